The Morgan fingerprint density at radius 2 is 2.12 bits per heavy atom. The van der Waals surface area contributed by atoms with E-state index in [0.29, 0.717) is 18.6 Å². The van der Waals surface area contributed by atoms with Gasteiger partial charge in [-0.1, -0.05) is 6.07 Å². The molecule has 0 spiro atoms. The lowest BCUT2D eigenvalue weighted by molar-refractivity contribution is -0.142. The predicted molar refractivity (Wildman–Crippen MR) is 62.7 cm³/mol. The summed E-state index contributed by atoms with van der Waals surface area (Å²) in [6.45, 7) is 0. The lowest BCUT2D eigenvalue weighted by Crippen LogP contribution is -2.22. The second-order valence-electron chi connectivity index (χ2n) is 4.22. The summed E-state index contributed by atoms with van der Waals surface area (Å²) in [4.78, 5) is 11.0. The van der Waals surface area contributed by atoms with Crippen LogP contribution in [0.1, 0.15) is 17.5 Å². The van der Waals surface area contributed by atoms with E-state index in [-0.39, 0.29) is 5.92 Å². The fourth-order valence-electron chi connectivity index (χ4n) is 2.39. The minimum Gasteiger partial charge on any atom is -0.493 e. The first-order valence-corrected chi connectivity index (χ1v) is 5.63. The molecule has 0 aliphatic heterocycles. The third-order valence-corrected chi connectivity index (χ3v) is 3.30. The van der Waals surface area contributed by atoms with Crippen LogP contribution in [0.2, 0.25) is 0 Å². The van der Waals surface area contributed by atoms with Gasteiger partial charge in [0.15, 0.2) is 11.5 Å². The average Bonchev–Trinajstić information content (AvgIpc) is 2.36. The number of carbonyl (C=O) groups is 1. The van der Waals surface area contributed by atoms with Gasteiger partial charge in [0.1, 0.15) is 0 Å². The molecule has 1 atom stereocenters. The fraction of sp³-hybridized carbons (Fsp3) is 0.462. The van der Waals surface area contributed by atoms with Crippen LogP contribution in [0.3, 0.4) is 0 Å². The molecule has 1 unspecified atom stereocenters. The largest absolute Gasteiger partial charge is 0.493 e. The molecule has 1 N–H and O–H groups in total. The number of hydrogen-bond donors (Lipinski definition) is 1. The molecule has 0 heterocycles. The number of carboxylic acid groups (broad SMARTS) is 1. The zero-order chi connectivity index (χ0) is 12.4. The van der Waals surface area contributed by atoms with Gasteiger partial charge in [-0.25, -0.2) is 0 Å². The van der Waals surface area contributed by atoms with Crippen molar-refractivity contribution in [1.29, 1.82) is 0 Å². The molecule has 0 saturated carbocycles. The third kappa shape index (κ3) is 2.07. The Hall–Kier alpha value is -1.71. The van der Waals surface area contributed by atoms with Gasteiger partial charge >= 0.3 is 5.97 Å². The summed E-state index contributed by atoms with van der Waals surface area (Å²) in [5.74, 6) is 0.458. The molecule has 0 amide bonds. The van der Waals surface area contributed by atoms with Crippen LogP contribution in [0.25, 0.3) is 0 Å². The summed E-state index contributed by atoms with van der Waals surface area (Å²) in [7, 11) is 3.22. The maximum absolute atomic E-state index is 11.0. The third-order valence-electron chi connectivity index (χ3n) is 3.30. The van der Waals surface area contributed by atoms with Gasteiger partial charge in [0.25, 0.3) is 0 Å². The standard InChI is InChI=1S/C13H16O4/c1-16-11-6-4-8-7-9(13(14)15)3-5-10(8)12(11)17-2/h4,6,9H,3,5,7H2,1-2H3,(H,14,15). The molecule has 1 aliphatic carbocycles. The van der Waals surface area contributed by atoms with Gasteiger partial charge in [-0.05, 0) is 30.9 Å². The second-order valence-corrected chi connectivity index (χ2v) is 4.22. The van der Waals surface area contributed by atoms with E-state index in [0.717, 1.165) is 23.3 Å². The van der Waals surface area contributed by atoms with Crippen LogP contribution in [-0.4, -0.2) is 25.3 Å². The molecule has 0 bridgehead atoms. The summed E-state index contributed by atoms with van der Waals surface area (Å²) in [5, 5.41) is 9.04. The van der Waals surface area contributed by atoms with E-state index >= 15 is 0 Å². The van der Waals surface area contributed by atoms with E-state index in [4.69, 9.17) is 14.6 Å². The smallest absolute Gasteiger partial charge is 0.306 e. The molecule has 2 rings (SSSR count). The lowest BCUT2D eigenvalue weighted by atomic mass is 9.83. The summed E-state index contributed by atoms with van der Waals surface area (Å²) in [5.41, 5.74) is 2.14. The van der Waals surface area contributed by atoms with E-state index in [2.05, 4.69) is 0 Å². The quantitative estimate of drug-likeness (QED) is 0.870. The van der Waals surface area contributed by atoms with Crippen LogP contribution in [0, 0.1) is 5.92 Å². The number of carboxylic acids is 1. The lowest BCUT2D eigenvalue weighted by Gasteiger charge is -2.24. The zero-order valence-electron chi connectivity index (χ0n) is 10.0. The number of benzene rings is 1. The molecule has 1 aromatic rings. The Labute approximate surface area is 100 Å². The number of fused-ring (bicyclic) bond motifs is 1. The highest BCUT2D eigenvalue weighted by Gasteiger charge is 2.27. The van der Waals surface area contributed by atoms with Crippen LogP contribution < -0.4 is 9.47 Å². The molecule has 0 radical (unpaired) electrons. The van der Waals surface area contributed by atoms with E-state index in [1.807, 2.05) is 12.1 Å². The van der Waals surface area contributed by atoms with Crippen LogP contribution in [-0.2, 0) is 17.6 Å². The van der Waals surface area contributed by atoms with Gasteiger partial charge in [-0.2, -0.15) is 0 Å². The number of rotatable bonds is 3. The molecule has 0 saturated heterocycles. The highest BCUT2D eigenvalue weighted by Crippen LogP contribution is 2.38. The van der Waals surface area contributed by atoms with Crippen molar-refractivity contribution in [1.82, 2.24) is 0 Å². The Morgan fingerprint density at radius 1 is 1.35 bits per heavy atom. The zero-order valence-corrected chi connectivity index (χ0v) is 10.0. The Morgan fingerprint density at radius 3 is 2.71 bits per heavy atom. The molecule has 92 valence electrons. The summed E-state index contributed by atoms with van der Waals surface area (Å²) in [6.07, 6.45) is 1.96. The summed E-state index contributed by atoms with van der Waals surface area (Å²) < 4.78 is 10.6. The number of methoxy groups -OCH3 is 2. The van der Waals surface area contributed by atoms with Gasteiger partial charge in [0.2, 0.25) is 0 Å². The normalized spacial score (nSPS) is 18.4. The average molecular weight is 236 g/mol. The van der Waals surface area contributed by atoms with Crippen LogP contribution in [0.5, 0.6) is 11.5 Å². The molecular formula is C13H16O4. The molecule has 17 heavy (non-hydrogen) atoms. The SMILES string of the molecule is COc1ccc2c(c1OC)CCC(C(=O)O)C2. The van der Waals surface area contributed by atoms with Crippen molar-refractivity contribution in [3.05, 3.63) is 23.3 Å². The van der Waals surface area contributed by atoms with Gasteiger partial charge in [-0.3, -0.25) is 4.79 Å². The van der Waals surface area contributed by atoms with Gasteiger partial charge in [-0.15, -0.1) is 0 Å². The van der Waals surface area contributed by atoms with Crippen molar-refractivity contribution < 1.29 is 19.4 Å². The molecular weight excluding hydrogens is 220 g/mol. The number of aliphatic carboxylic acids is 1. The van der Waals surface area contributed by atoms with Crippen LogP contribution in [0.15, 0.2) is 12.1 Å². The predicted octanol–water partition coefficient (Wildman–Crippen LogP) is 1.89. The maximum Gasteiger partial charge on any atom is 0.306 e. The summed E-state index contributed by atoms with van der Waals surface area (Å²) >= 11 is 0. The minimum atomic E-state index is -0.717. The number of hydrogen-bond acceptors (Lipinski definition) is 3. The molecule has 4 nitrogen and oxygen atoms in total. The van der Waals surface area contributed by atoms with Crippen molar-refractivity contribution in [2.24, 2.45) is 5.92 Å². The van der Waals surface area contributed by atoms with Gasteiger partial charge in [0.05, 0.1) is 20.1 Å². The number of ether oxygens (including phenoxy) is 2. The Bertz CT molecular complexity index is 439. The Balaban J connectivity index is 2.38. The first kappa shape index (κ1) is 11.8. The topological polar surface area (TPSA) is 55.8 Å². The molecule has 0 aromatic heterocycles. The van der Waals surface area contributed by atoms with Gasteiger partial charge in [0, 0.05) is 5.56 Å². The minimum absolute atomic E-state index is 0.277. The first-order valence-electron chi connectivity index (χ1n) is 5.63. The van der Waals surface area contributed by atoms with Crippen LogP contribution in [0.4, 0.5) is 0 Å². The molecule has 1 aliphatic rings. The first-order chi connectivity index (χ1) is 8.17. The van der Waals surface area contributed by atoms with Crippen molar-refractivity contribution in [3.63, 3.8) is 0 Å². The second kappa shape index (κ2) is 4.65. The Kier molecular flexibility index (Phi) is 3.22. The van der Waals surface area contributed by atoms with E-state index < -0.39 is 5.97 Å². The van der Waals surface area contributed by atoms with E-state index in [1.165, 1.54) is 0 Å². The van der Waals surface area contributed by atoms with Crippen molar-refractivity contribution in [3.8, 4) is 11.5 Å². The molecule has 0 fully saturated rings. The van der Waals surface area contributed by atoms with Crippen molar-refractivity contribution >= 4 is 5.97 Å². The summed E-state index contributed by atoms with van der Waals surface area (Å²) in [6, 6.07) is 3.77. The van der Waals surface area contributed by atoms with Crippen LogP contribution >= 0.6 is 0 Å². The van der Waals surface area contributed by atoms with E-state index in [9.17, 15) is 4.79 Å². The van der Waals surface area contributed by atoms with Gasteiger partial charge < -0.3 is 14.6 Å². The highest BCUT2D eigenvalue weighted by molar-refractivity contribution is 5.71. The maximum atomic E-state index is 11.0. The highest BCUT2D eigenvalue weighted by atomic mass is 16.5. The van der Waals surface area contributed by atoms with Crippen molar-refractivity contribution in [2.75, 3.05) is 14.2 Å². The molecule has 1 aromatic carbocycles. The fourth-order valence-corrected chi connectivity index (χ4v) is 2.39. The van der Waals surface area contributed by atoms with E-state index in [1.54, 1.807) is 14.2 Å². The molecule has 4 heteroatoms. The van der Waals surface area contributed by atoms with Crippen molar-refractivity contribution in [2.45, 2.75) is 19.3 Å². The monoisotopic (exact) mass is 236 g/mol.